The third-order valence-corrected chi connectivity index (χ3v) is 8.47. The first kappa shape index (κ1) is 18.0. The molecule has 6 fully saturated rings. The summed E-state index contributed by atoms with van der Waals surface area (Å²) in [7, 11) is 0. The van der Waals surface area contributed by atoms with Crippen molar-refractivity contribution in [3.05, 3.63) is 0 Å². The Hall–Kier alpha value is -1.06. The van der Waals surface area contributed by atoms with Crippen molar-refractivity contribution in [2.24, 2.45) is 35.0 Å². The van der Waals surface area contributed by atoms with Crippen molar-refractivity contribution < 1.29 is 9.59 Å². The van der Waals surface area contributed by atoms with Crippen LogP contribution >= 0.6 is 0 Å². The van der Waals surface area contributed by atoms with E-state index in [0.29, 0.717) is 17.7 Å². The molecular formula is C23H36N2O2. The predicted molar refractivity (Wildman–Crippen MR) is 105 cm³/mol. The number of likely N-dealkylation sites (tertiary alicyclic amines) is 2. The van der Waals surface area contributed by atoms with Crippen LogP contribution in [0.5, 0.6) is 0 Å². The molecule has 2 saturated heterocycles. The number of nitrogens with zero attached hydrogens (tertiary/aromatic N) is 2. The Morgan fingerprint density at radius 3 is 1.96 bits per heavy atom. The SMILES string of the molecule is C[C@@H]1C[C@@H](C)CN(C(=O)[C@H]2CCCN2C(=O)C23CC4CC(CC(C4)C2)C3)C1. The fourth-order valence-electron chi connectivity index (χ4n) is 8.00. The van der Waals surface area contributed by atoms with Gasteiger partial charge in [-0.25, -0.2) is 0 Å². The van der Waals surface area contributed by atoms with E-state index in [9.17, 15) is 9.59 Å². The van der Waals surface area contributed by atoms with Gasteiger partial charge in [0.25, 0.3) is 0 Å². The largest absolute Gasteiger partial charge is 0.340 e. The van der Waals surface area contributed by atoms with Crippen LogP contribution in [-0.2, 0) is 9.59 Å². The van der Waals surface area contributed by atoms with Crippen LogP contribution in [0.1, 0.15) is 71.6 Å². The number of carbonyl (C=O) groups excluding carboxylic acids is 2. The van der Waals surface area contributed by atoms with E-state index in [1.54, 1.807) is 0 Å². The third-order valence-electron chi connectivity index (χ3n) is 8.47. The molecule has 150 valence electrons. The Balaban J connectivity index is 1.34. The van der Waals surface area contributed by atoms with Crippen LogP contribution in [0.25, 0.3) is 0 Å². The van der Waals surface area contributed by atoms with E-state index >= 15 is 0 Å². The zero-order valence-corrected chi connectivity index (χ0v) is 17.2. The molecule has 0 radical (unpaired) electrons. The first-order valence-electron chi connectivity index (χ1n) is 11.5. The zero-order valence-electron chi connectivity index (χ0n) is 17.2. The summed E-state index contributed by atoms with van der Waals surface area (Å²) < 4.78 is 0. The van der Waals surface area contributed by atoms with Crippen molar-refractivity contribution in [2.75, 3.05) is 19.6 Å². The van der Waals surface area contributed by atoms with Gasteiger partial charge in [0.1, 0.15) is 6.04 Å². The van der Waals surface area contributed by atoms with Gasteiger partial charge in [-0.2, -0.15) is 0 Å². The molecule has 3 atom stereocenters. The molecule has 27 heavy (non-hydrogen) atoms. The van der Waals surface area contributed by atoms with Crippen LogP contribution in [0.2, 0.25) is 0 Å². The van der Waals surface area contributed by atoms with Crippen molar-refractivity contribution in [2.45, 2.75) is 77.7 Å². The number of piperidine rings is 1. The van der Waals surface area contributed by atoms with Gasteiger partial charge in [-0.3, -0.25) is 9.59 Å². The smallest absolute Gasteiger partial charge is 0.245 e. The van der Waals surface area contributed by atoms with Gasteiger partial charge in [-0.1, -0.05) is 13.8 Å². The van der Waals surface area contributed by atoms with E-state index in [4.69, 9.17) is 0 Å². The van der Waals surface area contributed by atoms with Gasteiger partial charge >= 0.3 is 0 Å². The lowest BCUT2D eigenvalue weighted by Gasteiger charge is -2.56. The fourth-order valence-corrected chi connectivity index (χ4v) is 8.00. The lowest BCUT2D eigenvalue weighted by molar-refractivity contribution is -0.162. The fraction of sp³-hybridized carbons (Fsp3) is 0.913. The summed E-state index contributed by atoms with van der Waals surface area (Å²) in [6, 6.07) is -0.178. The van der Waals surface area contributed by atoms with Crippen LogP contribution < -0.4 is 0 Å². The highest BCUT2D eigenvalue weighted by atomic mass is 16.2. The molecule has 4 bridgehead atoms. The van der Waals surface area contributed by atoms with Gasteiger partial charge in [0.15, 0.2) is 0 Å². The highest BCUT2D eigenvalue weighted by Crippen LogP contribution is 2.60. The molecule has 0 unspecified atom stereocenters. The van der Waals surface area contributed by atoms with E-state index in [1.807, 2.05) is 4.90 Å². The minimum atomic E-state index is -0.178. The standard InChI is InChI=1S/C23H36N2O2/c1-15-6-16(2)14-24(13-15)21(26)20-4-3-5-25(20)22(27)23-10-17-7-18(11-23)9-19(8-17)12-23/h15-20H,3-14H2,1-2H3/t15-,16-,17?,18?,19?,20-,23?/m1/s1. The highest BCUT2D eigenvalue weighted by molar-refractivity contribution is 5.91. The molecule has 6 aliphatic rings. The minimum absolute atomic E-state index is 0.111. The Labute approximate surface area is 164 Å². The molecule has 0 spiro atoms. The first-order chi connectivity index (χ1) is 12.9. The molecule has 4 aliphatic carbocycles. The van der Waals surface area contributed by atoms with Crippen LogP contribution in [0.4, 0.5) is 0 Å². The summed E-state index contributed by atoms with van der Waals surface area (Å²) in [5, 5.41) is 0. The summed E-state index contributed by atoms with van der Waals surface area (Å²) in [5.74, 6) is 4.08. The normalized spacial score (nSPS) is 46.1. The predicted octanol–water partition coefficient (Wildman–Crippen LogP) is 3.70. The second kappa shape index (κ2) is 6.49. The molecule has 4 saturated carbocycles. The van der Waals surface area contributed by atoms with Crippen LogP contribution in [0.3, 0.4) is 0 Å². The number of hydrogen-bond donors (Lipinski definition) is 0. The van der Waals surface area contributed by atoms with Gasteiger partial charge in [-0.05, 0) is 87.4 Å². The molecule has 0 aromatic rings. The van der Waals surface area contributed by atoms with Crippen LogP contribution in [0, 0.1) is 35.0 Å². The molecule has 6 rings (SSSR count). The number of carbonyl (C=O) groups is 2. The van der Waals surface area contributed by atoms with E-state index in [2.05, 4.69) is 18.7 Å². The third kappa shape index (κ3) is 3.02. The van der Waals surface area contributed by atoms with Crippen LogP contribution in [-0.4, -0.2) is 47.3 Å². The van der Waals surface area contributed by atoms with E-state index < -0.39 is 0 Å². The quantitative estimate of drug-likeness (QED) is 0.742. The first-order valence-corrected chi connectivity index (χ1v) is 11.5. The summed E-state index contributed by atoms with van der Waals surface area (Å²) in [5.41, 5.74) is -0.111. The van der Waals surface area contributed by atoms with Crippen molar-refractivity contribution in [1.29, 1.82) is 0 Å². The van der Waals surface area contributed by atoms with Crippen LogP contribution in [0.15, 0.2) is 0 Å². The zero-order chi connectivity index (χ0) is 18.8. The molecule has 2 aliphatic heterocycles. The van der Waals surface area contributed by atoms with E-state index in [1.165, 1.54) is 25.7 Å². The molecule has 0 aromatic heterocycles. The Morgan fingerprint density at radius 1 is 0.852 bits per heavy atom. The molecule has 4 heteroatoms. The Morgan fingerprint density at radius 2 is 1.41 bits per heavy atom. The Bertz CT molecular complexity index is 585. The average Bonchev–Trinajstić information content (AvgIpc) is 3.07. The second-order valence-corrected chi connectivity index (χ2v) is 11.0. The monoisotopic (exact) mass is 372 g/mol. The lowest BCUT2D eigenvalue weighted by Crippen LogP contribution is -2.58. The van der Waals surface area contributed by atoms with Gasteiger partial charge in [0, 0.05) is 19.6 Å². The number of amides is 2. The van der Waals surface area contributed by atoms with Crippen molar-refractivity contribution in [3.8, 4) is 0 Å². The molecule has 2 amide bonds. The lowest BCUT2D eigenvalue weighted by atomic mass is 9.49. The van der Waals surface area contributed by atoms with Gasteiger partial charge in [0.05, 0.1) is 5.41 Å². The average molecular weight is 373 g/mol. The topological polar surface area (TPSA) is 40.6 Å². The molecule has 4 nitrogen and oxygen atoms in total. The molecular weight excluding hydrogens is 336 g/mol. The summed E-state index contributed by atoms with van der Waals surface area (Å²) >= 11 is 0. The van der Waals surface area contributed by atoms with E-state index in [-0.39, 0.29) is 17.4 Å². The van der Waals surface area contributed by atoms with Gasteiger partial charge in [0.2, 0.25) is 11.8 Å². The van der Waals surface area contributed by atoms with E-state index in [0.717, 1.165) is 69.5 Å². The summed E-state index contributed by atoms with van der Waals surface area (Å²) in [6.07, 6.45) is 10.5. The molecule has 0 N–H and O–H groups in total. The number of hydrogen-bond acceptors (Lipinski definition) is 2. The number of rotatable bonds is 2. The maximum atomic E-state index is 13.8. The van der Waals surface area contributed by atoms with Crippen molar-refractivity contribution in [3.63, 3.8) is 0 Å². The second-order valence-electron chi connectivity index (χ2n) is 11.0. The van der Waals surface area contributed by atoms with Crippen molar-refractivity contribution >= 4 is 11.8 Å². The van der Waals surface area contributed by atoms with Crippen molar-refractivity contribution in [1.82, 2.24) is 9.80 Å². The minimum Gasteiger partial charge on any atom is -0.340 e. The molecule has 2 heterocycles. The molecule has 0 aromatic carbocycles. The summed E-state index contributed by atoms with van der Waals surface area (Å²) in [6.45, 7) is 7.06. The Kier molecular flexibility index (Phi) is 4.32. The highest BCUT2D eigenvalue weighted by Gasteiger charge is 2.57. The van der Waals surface area contributed by atoms with Gasteiger partial charge in [-0.15, -0.1) is 0 Å². The van der Waals surface area contributed by atoms with Gasteiger partial charge < -0.3 is 9.80 Å². The summed E-state index contributed by atoms with van der Waals surface area (Å²) in [4.78, 5) is 31.3. The maximum absolute atomic E-state index is 13.8. The maximum Gasteiger partial charge on any atom is 0.245 e.